The fourth-order valence-electron chi connectivity index (χ4n) is 2.69. The molecule has 1 amide bonds. The number of rotatable bonds is 5. The Balaban J connectivity index is 1.77. The van der Waals surface area contributed by atoms with Crippen molar-refractivity contribution in [3.8, 4) is 11.5 Å². The van der Waals surface area contributed by atoms with Crippen LogP contribution in [-0.4, -0.2) is 18.6 Å². The van der Waals surface area contributed by atoms with Crippen LogP contribution < -0.4 is 14.8 Å². The van der Waals surface area contributed by atoms with E-state index >= 15 is 0 Å². The maximum Gasteiger partial charge on any atom is 0.248 e. The monoisotopic (exact) mass is 327 g/mol. The van der Waals surface area contributed by atoms with Gasteiger partial charge in [-0.1, -0.05) is 0 Å². The number of nitrogens with one attached hydrogen (secondary N) is 1. The number of ether oxygens (including phenoxy) is 2. The lowest BCUT2D eigenvalue weighted by Gasteiger charge is -2.12. The first-order chi connectivity index (χ1) is 11.5. The molecular weight excluding hydrogens is 306 g/mol. The zero-order valence-corrected chi connectivity index (χ0v) is 14.1. The Kier molecular flexibility index (Phi) is 4.60. The largest absolute Gasteiger partial charge is 0.492 e. The molecular formula is C19H21NO4. The van der Waals surface area contributed by atoms with Crippen LogP contribution in [-0.2, 0) is 11.2 Å². The van der Waals surface area contributed by atoms with E-state index in [1.165, 1.54) is 6.08 Å². The second-order valence-electron chi connectivity index (χ2n) is 5.79. The van der Waals surface area contributed by atoms with Gasteiger partial charge in [0, 0.05) is 24.1 Å². The van der Waals surface area contributed by atoms with Gasteiger partial charge in [0.1, 0.15) is 29.1 Å². The molecule has 5 nitrogen and oxygen atoms in total. The van der Waals surface area contributed by atoms with E-state index < -0.39 is 0 Å². The third-order valence-electron chi connectivity index (χ3n) is 3.72. The van der Waals surface area contributed by atoms with Crippen molar-refractivity contribution in [2.45, 2.75) is 33.3 Å². The lowest BCUT2D eigenvalue weighted by molar-refractivity contribution is -0.111. The average molecular weight is 327 g/mol. The molecule has 2 heterocycles. The number of carbonyl (C=O) groups is 1. The number of anilines is 1. The van der Waals surface area contributed by atoms with Crippen LogP contribution >= 0.6 is 0 Å². The molecule has 3 rings (SSSR count). The number of hydrogen-bond donors (Lipinski definition) is 1. The van der Waals surface area contributed by atoms with Crippen molar-refractivity contribution >= 4 is 17.7 Å². The summed E-state index contributed by atoms with van der Waals surface area (Å²) < 4.78 is 16.8. The molecule has 1 N–H and O–H groups in total. The summed E-state index contributed by atoms with van der Waals surface area (Å²) in [4.78, 5) is 12.2. The molecule has 1 aromatic carbocycles. The highest BCUT2D eigenvalue weighted by Crippen LogP contribution is 2.38. The standard InChI is InChI=1S/C19H21NO4/c1-4-22-18-10-14-9-13(3)24-17(14)11-16(18)20-19(21)8-7-15-6-5-12(2)23-15/h5-8,10-11,13H,4,9H2,1-3H3,(H,20,21). The van der Waals surface area contributed by atoms with E-state index in [1.807, 2.05) is 45.0 Å². The van der Waals surface area contributed by atoms with Gasteiger partial charge < -0.3 is 19.2 Å². The fraction of sp³-hybridized carbons (Fsp3) is 0.316. The summed E-state index contributed by atoms with van der Waals surface area (Å²) in [6, 6.07) is 7.43. The van der Waals surface area contributed by atoms with Crippen molar-refractivity contribution < 1.29 is 18.7 Å². The Morgan fingerprint density at radius 3 is 2.96 bits per heavy atom. The summed E-state index contributed by atoms with van der Waals surface area (Å²) in [5.74, 6) is 2.64. The third-order valence-corrected chi connectivity index (χ3v) is 3.72. The molecule has 2 aromatic rings. The lowest BCUT2D eigenvalue weighted by Crippen LogP contribution is -2.10. The minimum atomic E-state index is -0.254. The number of fused-ring (bicyclic) bond motifs is 1. The molecule has 0 radical (unpaired) electrons. The van der Waals surface area contributed by atoms with Crippen LogP contribution in [0.5, 0.6) is 11.5 Å². The van der Waals surface area contributed by atoms with Gasteiger partial charge in [-0.15, -0.1) is 0 Å². The molecule has 24 heavy (non-hydrogen) atoms. The SMILES string of the molecule is CCOc1cc2c(cc1NC(=O)C=Cc1ccc(C)o1)OC(C)C2. The topological polar surface area (TPSA) is 60.7 Å². The molecule has 0 saturated heterocycles. The highest BCUT2D eigenvalue weighted by Gasteiger charge is 2.22. The van der Waals surface area contributed by atoms with E-state index in [2.05, 4.69) is 5.32 Å². The normalized spacial score (nSPS) is 16.0. The summed E-state index contributed by atoms with van der Waals surface area (Å²) in [5.41, 5.74) is 1.71. The first kappa shape index (κ1) is 16.2. The molecule has 1 aromatic heterocycles. The molecule has 0 spiro atoms. The Morgan fingerprint density at radius 2 is 2.25 bits per heavy atom. The predicted octanol–water partition coefficient (Wildman–Crippen LogP) is 3.96. The van der Waals surface area contributed by atoms with Gasteiger partial charge in [0.2, 0.25) is 5.91 Å². The number of carbonyl (C=O) groups excluding carboxylic acids is 1. The van der Waals surface area contributed by atoms with Crippen molar-refractivity contribution in [1.82, 2.24) is 0 Å². The second kappa shape index (κ2) is 6.83. The summed E-state index contributed by atoms with van der Waals surface area (Å²) in [6.07, 6.45) is 4.06. The Labute approximate surface area is 141 Å². The van der Waals surface area contributed by atoms with Gasteiger partial charge in [0.05, 0.1) is 12.3 Å². The van der Waals surface area contributed by atoms with Crippen LogP contribution in [0.4, 0.5) is 5.69 Å². The third kappa shape index (κ3) is 3.62. The van der Waals surface area contributed by atoms with Gasteiger partial charge in [-0.3, -0.25) is 4.79 Å². The van der Waals surface area contributed by atoms with E-state index in [0.717, 1.165) is 23.5 Å². The predicted molar refractivity (Wildman–Crippen MR) is 92.5 cm³/mol. The van der Waals surface area contributed by atoms with E-state index in [9.17, 15) is 4.79 Å². The van der Waals surface area contributed by atoms with Crippen LogP contribution in [0.3, 0.4) is 0 Å². The maximum absolute atomic E-state index is 12.2. The number of aryl methyl sites for hydroxylation is 1. The van der Waals surface area contributed by atoms with Crippen LogP contribution in [0.25, 0.3) is 6.08 Å². The Bertz CT molecular complexity index is 776. The smallest absolute Gasteiger partial charge is 0.248 e. The zero-order chi connectivity index (χ0) is 17.1. The van der Waals surface area contributed by atoms with Crippen molar-refractivity contribution in [2.75, 3.05) is 11.9 Å². The first-order valence-electron chi connectivity index (χ1n) is 8.07. The summed E-state index contributed by atoms with van der Waals surface area (Å²) in [6.45, 7) is 6.32. The number of hydrogen-bond acceptors (Lipinski definition) is 4. The van der Waals surface area contributed by atoms with Crippen LogP contribution in [0.1, 0.15) is 30.9 Å². The van der Waals surface area contributed by atoms with Crippen molar-refractivity contribution in [2.24, 2.45) is 0 Å². The summed E-state index contributed by atoms with van der Waals surface area (Å²) in [7, 11) is 0. The average Bonchev–Trinajstić information content (AvgIpc) is 3.10. The van der Waals surface area contributed by atoms with Crippen LogP contribution in [0.15, 0.2) is 34.8 Å². The summed E-state index contributed by atoms with van der Waals surface area (Å²) in [5, 5.41) is 2.84. The fourth-order valence-corrected chi connectivity index (χ4v) is 2.69. The van der Waals surface area contributed by atoms with Gasteiger partial charge in [0.15, 0.2) is 0 Å². The van der Waals surface area contributed by atoms with Crippen molar-refractivity contribution in [3.05, 3.63) is 47.4 Å². The molecule has 1 atom stereocenters. The number of benzene rings is 1. The molecule has 0 bridgehead atoms. The van der Waals surface area contributed by atoms with Gasteiger partial charge in [-0.05, 0) is 45.0 Å². The minimum Gasteiger partial charge on any atom is -0.492 e. The molecule has 0 fully saturated rings. The Hall–Kier alpha value is -2.69. The number of furan rings is 1. The lowest BCUT2D eigenvalue weighted by atomic mass is 10.1. The van der Waals surface area contributed by atoms with Gasteiger partial charge in [-0.2, -0.15) is 0 Å². The molecule has 1 unspecified atom stereocenters. The van der Waals surface area contributed by atoms with Crippen LogP contribution in [0.2, 0.25) is 0 Å². The zero-order valence-electron chi connectivity index (χ0n) is 14.1. The molecule has 126 valence electrons. The molecule has 0 saturated carbocycles. The van der Waals surface area contributed by atoms with E-state index in [-0.39, 0.29) is 12.0 Å². The quantitative estimate of drug-likeness (QED) is 0.844. The number of amides is 1. The maximum atomic E-state index is 12.2. The van der Waals surface area contributed by atoms with E-state index in [0.29, 0.717) is 23.8 Å². The van der Waals surface area contributed by atoms with E-state index in [1.54, 1.807) is 6.08 Å². The van der Waals surface area contributed by atoms with Crippen molar-refractivity contribution in [1.29, 1.82) is 0 Å². The van der Waals surface area contributed by atoms with Crippen LogP contribution in [0, 0.1) is 6.92 Å². The van der Waals surface area contributed by atoms with Gasteiger partial charge in [0.25, 0.3) is 0 Å². The molecule has 0 aliphatic carbocycles. The molecule has 5 heteroatoms. The highest BCUT2D eigenvalue weighted by atomic mass is 16.5. The highest BCUT2D eigenvalue weighted by molar-refractivity contribution is 6.02. The molecule has 1 aliphatic rings. The first-order valence-corrected chi connectivity index (χ1v) is 8.07. The molecule has 1 aliphatic heterocycles. The Morgan fingerprint density at radius 1 is 1.42 bits per heavy atom. The second-order valence-corrected chi connectivity index (χ2v) is 5.79. The van der Waals surface area contributed by atoms with Gasteiger partial charge >= 0.3 is 0 Å². The van der Waals surface area contributed by atoms with Gasteiger partial charge in [-0.25, -0.2) is 0 Å². The van der Waals surface area contributed by atoms with E-state index in [4.69, 9.17) is 13.9 Å². The van der Waals surface area contributed by atoms with Crippen molar-refractivity contribution in [3.63, 3.8) is 0 Å². The summed E-state index contributed by atoms with van der Waals surface area (Å²) >= 11 is 0. The minimum absolute atomic E-state index is 0.141.